The minimum Gasteiger partial charge on any atom is -0.481 e. The number of hydrogen-bond donors (Lipinski definition) is 1. The standard InChI is InChI=1S/C15H27NO2/c1-10-6-11(2)8-14(7-10)16-5-4-13(15(17)18)9-12(16)3/h10-14H,4-9H2,1-3H3,(H,17,18). The summed E-state index contributed by atoms with van der Waals surface area (Å²) in [6.07, 6.45) is 5.61. The average Bonchev–Trinajstić information content (AvgIpc) is 2.27. The lowest BCUT2D eigenvalue weighted by atomic mass is 9.78. The first-order valence-corrected chi connectivity index (χ1v) is 7.46. The molecule has 0 bridgehead atoms. The van der Waals surface area contributed by atoms with Crippen molar-refractivity contribution in [3.8, 4) is 0 Å². The molecule has 0 amide bonds. The number of likely N-dealkylation sites (tertiary alicyclic amines) is 1. The molecule has 3 nitrogen and oxygen atoms in total. The Morgan fingerprint density at radius 1 is 1.06 bits per heavy atom. The molecule has 1 saturated carbocycles. The Balaban J connectivity index is 1.95. The van der Waals surface area contributed by atoms with Gasteiger partial charge in [-0.1, -0.05) is 13.8 Å². The topological polar surface area (TPSA) is 40.5 Å². The van der Waals surface area contributed by atoms with Gasteiger partial charge in [-0.2, -0.15) is 0 Å². The highest BCUT2D eigenvalue weighted by Crippen LogP contribution is 2.35. The molecule has 1 saturated heterocycles. The highest BCUT2D eigenvalue weighted by atomic mass is 16.4. The molecule has 0 aromatic carbocycles. The molecule has 1 N–H and O–H groups in total. The Morgan fingerprint density at radius 3 is 2.17 bits per heavy atom. The van der Waals surface area contributed by atoms with Crippen LogP contribution in [0.25, 0.3) is 0 Å². The van der Waals surface area contributed by atoms with Gasteiger partial charge in [0.25, 0.3) is 0 Å². The van der Waals surface area contributed by atoms with E-state index in [2.05, 4.69) is 25.7 Å². The lowest BCUT2D eigenvalue weighted by Gasteiger charge is -2.45. The molecule has 2 aliphatic rings. The summed E-state index contributed by atoms with van der Waals surface area (Å²) in [5.41, 5.74) is 0. The Bertz CT molecular complexity index is 295. The highest BCUT2D eigenvalue weighted by Gasteiger charge is 2.36. The zero-order chi connectivity index (χ0) is 13.3. The number of carboxylic acid groups (broad SMARTS) is 1. The molecule has 1 aliphatic heterocycles. The quantitative estimate of drug-likeness (QED) is 0.822. The molecular formula is C15H27NO2. The minimum absolute atomic E-state index is 0.116. The highest BCUT2D eigenvalue weighted by molar-refractivity contribution is 5.70. The first kappa shape index (κ1) is 13.9. The van der Waals surface area contributed by atoms with Crippen LogP contribution >= 0.6 is 0 Å². The van der Waals surface area contributed by atoms with Crippen molar-refractivity contribution in [2.75, 3.05) is 6.54 Å². The van der Waals surface area contributed by atoms with E-state index >= 15 is 0 Å². The maximum Gasteiger partial charge on any atom is 0.306 e. The second-order valence-electron chi connectivity index (χ2n) is 6.72. The van der Waals surface area contributed by atoms with Gasteiger partial charge in [0.15, 0.2) is 0 Å². The van der Waals surface area contributed by atoms with Gasteiger partial charge >= 0.3 is 5.97 Å². The fourth-order valence-electron chi connectivity index (χ4n) is 4.13. The lowest BCUT2D eigenvalue weighted by molar-refractivity contribution is -0.144. The van der Waals surface area contributed by atoms with Crippen molar-refractivity contribution in [1.29, 1.82) is 0 Å². The molecule has 4 atom stereocenters. The van der Waals surface area contributed by atoms with Crippen molar-refractivity contribution in [2.45, 2.75) is 65.0 Å². The van der Waals surface area contributed by atoms with Gasteiger partial charge in [0, 0.05) is 12.1 Å². The van der Waals surface area contributed by atoms with E-state index in [-0.39, 0.29) is 5.92 Å². The maximum atomic E-state index is 11.1. The van der Waals surface area contributed by atoms with E-state index in [9.17, 15) is 4.79 Å². The van der Waals surface area contributed by atoms with Crippen LogP contribution in [0.3, 0.4) is 0 Å². The van der Waals surface area contributed by atoms with E-state index in [0.717, 1.165) is 31.2 Å². The molecular weight excluding hydrogens is 226 g/mol. The van der Waals surface area contributed by atoms with Crippen molar-refractivity contribution in [3.05, 3.63) is 0 Å². The van der Waals surface area contributed by atoms with Crippen LogP contribution in [-0.4, -0.2) is 34.6 Å². The van der Waals surface area contributed by atoms with Gasteiger partial charge in [-0.3, -0.25) is 9.69 Å². The predicted octanol–water partition coefficient (Wildman–Crippen LogP) is 3.00. The van der Waals surface area contributed by atoms with E-state index in [0.29, 0.717) is 12.1 Å². The first-order chi connectivity index (χ1) is 8.47. The van der Waals surface area contributed by atoms with E-state index in [1.54, 1.807) is 0 Å². The van der Waals surface area contributed by atoms with Crippen LogP contribution < -0.4 is 0 Å². The van der Waals surface area contributed by atoms with Gasteiger partial charge in [-0.15, -0.1) is 0 Å². The number of aliphatic carboxylic acids is 1. The Morgan fingerprint density at radius 2 is 1.67 bits per heavy atom. The van der Waals surface area contributed by atoms with E-state index in [4.69, 9.17) is 5.11 Å². The number of nitrogens with zero attached hydrogens (tertiary/aromatic N) is 1. The fourth-order valence-corrected chi connectivity index (χ4v) is 4.13. The second kappa shape index (κ2) is 5.60. The van der Waals surface area contributed by atoms with Crippen molar-refractivity contribution >= 4 is 5.97 Å². The molecule has 0 spiro atoms. The van der Waals surface area contributed by atoms with E-state index < -0.39 is 5.97 Å². The number of rotatable bonds is 2. The Hall–Kier alpha value is -0.570. The van der Waals surface area contributed by atoms with Crippen LogP contribution in [0.1, 0.15) is 52.9 Å². The predicted molar refractivity (Wildman–Crippen MR) is 72.5 cm³/mol. The van der Waals surface area contributed by atoms with Gasteiger partial charge in [0.05, 0.1) is 5.92 Å². The molecule has 0 radical (unpaired) electrons. The summed E-state index contributed by atoms with van der Waals surface area (Å²) >= 11 is 0. The Kier molecular flexibility index (Phi) is 4.31. The van der Waals surface area contributed by atoms with E-state index in [1.165, 1.54) is 19.3 Å². The normalized spacial score (nSPS) is 42.7. The lowest BCUT2D eigenvalue weighted by Crippen LogP contribution is -2.50. The molecule has 1 heterocycles. The van der Waals surface area contributed by atoms with Crippen LogP contribution in [-0.2, 0) is 4.79 Å². The van der Waals surface area contributed by atoms with E-state index in [1.807, 2.05) is 0 Å². The molecule has 0 aromatic rings. The SMILES string of the molecule is CC1CC(C)CC(N2CCC(C(=O)O)CC2C)C1. The fraction of sp³-hybridized carbons (Fsp3) is 0.933. The average molecular weight is 253 g/mol. The zero-order valence-corrected chi connectivity index (χ0v) is 11.9. The van der Waals surface area contributed by atoms with Crippen molar-refractivity contribution in [1.82, 2.24) is 4.90 Å². The third kappa shape index (κ3) is 3.05. The molecule has 4 unspecified atom stereocenters. The van der Waals surface area contributed by atoms with Crippen LogP contribution in [0.15, 0.2) is 0 Å². The summed E-state index contributed by atoms with van der Waals surface area (Å²) in [7, 11) is 0. The van der Waals surface area contributed by atoms with Crippen LogP contribution in [0, 0.1) is 17.8 Å². The van der Waals surface area contributed by atoms with Gasteiger partial charge in [-0.05, 0) is 57.4 Å². The molecule has 1 aliphatic carbocycles. The minimum atomic E-state index is -0.605. The number of hydrogen-bond acceptors (Lipinski definition) is 2. The smallest absolute Gasteiger partial charge is 0.306 e. The number of piperidine rings is 1. The molecule has 2 rings (SSSR count). The van der Waals surface area contributed by atoms with Crippen LogP contribution in [0.2, 0.25) is 0 Å². The molecule has 18 heavy (non-hydrogen) atoms. The van der Waals surface area contributed by atoms with Crippen molar-refractivity contribution in [3.63, 3.8) is 0 Å². The monoisotopic (exact) mass is 253 g/mol. The zero-order valence-electron chi connectivity index (χ0n) is 11.9. The summed E-state index contributed by atoms with van der Waals surface area (Å²) in [6, 6.07) is 1.12. The molecule has 2 fully saturated rings. The first-order valence-electron chi connectivity index (χ1n) is 7.46. The van der Waals surface area contributed by atoms with Gasteiger partial charge in [-0.25, -0.2) is 0 Å². The van der Waals surface area contributed by atoms with Crippen molar-refractivity contribution in [2.24, 2.45) is 17.8 Å². The van der Waals surface area contributed by atoms with Crippen LogP contribution in [0.5, 0.6) is 0 Å². The summed E-state index contributed by atoms with van der Waals surface area (Å²) in [5.74, 6) is 0.924. The number of carbonyl (C=O) groups is 1. The number of carboxylic acids is 1. The second-order valence-corrected chi connectivity index (χ2v) is 6.72. The summed E-state index contributed by atoms with van der Waals surface area (Å²) in [4.78, 5) is 13.7. The van der Waals surface area contributed by atoms with Gasteiger partial charge < -0.3 is 5.11 Å². The Labute approximate surface area is 111 Å². The van der Waals surface area contributed by atoms with Crippen molar-refractivity contribution < 1.29 is 9.90 Å². The van der Waals surface area contributed by atoms with Crippen LogP contribution in [0.4, 0.5) is 0 Å². The van der Waals surface area contributed by atoms with Gasteiger partial charge in [0.1, 0.15) is 0 Å². The van der Waals surface area contributed by atoms with Gasteiger partial charge in [0.2, 0.25) is 0 Å². The summed E-state index contributed by atoms with van der Waals surface area (Å²) in [6.45, 7) is 7.90. The third-order valence-corrected chi connectivity index (χ3v) is 4.90. The molecule has 3 heteroatoms. The molecule has 104 valence electrons. The largest absolute Gasteiger partial charge is 0.481 e. The molecule has 0 aromatic heterocycles. The summed E-state index contributed by atoms with van der Waals surface area (Å²) in [5, 5.41) is 9.12. The third-order valence-electron chi connectivity index (χ3n) is 4.90. The summed E-state index contributed by atoms with van der Waals surface area (Å²) < 4.78 is 0. The maximum absolute atomic E-state index is 11.1.